The normalized spacial score (nSPS) is 15.6. The van der Waals surface area contributed by atoms with E-state index in [2.05, 4.69) is 20.4 Å². The summed E-state index contributed by atoms with van der Waals surface area (Å²) >= 11 is 1.49. The van der Waals surface area contributed by atoms with Crippen LogP contribution in [0.4, 0.5) is 15.9 Å². The second-order valence-electron chi connectivity index (χ2n) is 8.27. The number of benzene rings is 1. The lowest BCUT2D eigenvalue weighted by Gasteiger charge is -2.16. The van der Waals surface area contributed by atoms with Crippen molar-refractivity contribution in [2.45, 2.75) is 20.3 Å². The van der Waals surface area contributed by atoms with Crippen LogP contribution in [0.15, 0.2) is 52.6 Å². The van der Waals surface area contributed by atoms with E-state index in [4.69, 9.17) is 0 Å². The van der Waals surface area contributed by atoms with Crippen LogP contribution in [0.2, 0.25) is 0 Å². The molecule has 2 N–H and O–H groups in total. The summed E-state index contributed by atoms with van der Waals surface area (Å²) in [7, 11) is 0. The van der Waals surface area contributed by atoms with Crippen LogP contribution in [0.25, 0.3) is 16.5 Å². The Morgan fingerprint density at radius 3 is 2.66 bits per heavy atom. The van der Waals surface area contributed by atoms with E-state index in [0.29, 0.717) is 28.5 Å². The number of aromatic amines is 1. The number of nitrogens with zero attached hydrogens (tertiary/aromatic N) is 4. The molecule has 1 aromatic carbocycles. The number of amides is 2. The molecule has 1 fully saturated rings. The molecule has 4 heterocycles. The minimum Gasteiger partial charge on any atom is -0.312 e. The number of carbonyl (C=O) groups excluding carboxylic acids is 2. The van der Waals surface area contributed by atoms with Gasteiger partial charge in [0.05, 0.1) is 10.8 Å². The van der Waals surface area contributed by atoms with E-state index in [9.17, 15) is 18.8 Å². The number of H-pyrrole nitrogens is 1. The maximum absolute atomic E-state index is 13.3. The van der Waals surface area contributed by atoms with Gasteiger partial charge in [0.15, 0.2) is 0 Å². The van der Waals surface area contributed by atoms with Gasteiger partial charge in [-0.3, -0.25) is 19.4 Å². The second kappa shape index (κ2) is 8.91. The van der Waals surface area contributed by atoms with Gasteiger partial charge < -0.3 is 10.2 Å². The Balaban J connectivity index is 1.44. The zero-order valence-electron chi connectivity index (χ0n) is 18.9. The van der Waals surface area contributed by atoms with Crippen molar-refractivity contribution in [2.24, 2.45) is 5.92 Å². The molecule has 35 heavy (non-hydrogen) atoms. The summed E-state index contributed by atoms with van der Waals surface area (Å²) in [6, 6.07) is 11.1. The molecule has 0 radical (unpaired) electrons. The molecule has 9 nitrogen and oxygen atoms in total. The molecule has 1 unspecified atom stereocenters. The van der Waals surface area contributed by atoms with Crippen LogP contribution in [0.1, 0.15) is 17.7 Å². The highest BCUT2D eigenvalue weighted by molar-refractivity contribution is 7.13. The molecular formula is C24H21FN6O3S. The number of aromatic nitrogens is 4. The highest BCUT2D eigenvalue weighted by Gasteiger charge is 2.35. The van der Waals surface area contributed by atoms with Crippen LogP contribution < -0.4 is 15.8 Å². The number of aryl methyl sites for hydroxylation is 1. The molecule has 3 aromatic heterocycles. The summed E-state index contributed by atoms with van der Waals surface area (Å²) in [5.74, 6) is -1.11. The third-order valence-corrected chi connectivity index (χ3v) is 6.84. The topological polar surface area (TPSA) is 113 Å². The highest BCUT2D eigenvalue weighted by Crippen LogP contribution is 2.29. The molecule has 5 rings (SSSR count). The van der Waals surface area contributed by atoms with Crippen molar-refractivity contribution in [3.8, 4) is 16.5 Å². The average molecular weight is 493 g/mol. The van der Waals surface area contributed by atoms with Crippen molar-refractivity contribution in [3.63, 3.8) is 0 Å². The molecule has 1 aliphatic heterocycles. The summed E-state index contributed by atoms with van der Waals surface area (Å²) in [4.78, 5) is 47.6. The van der Waals surface area contributed by atoms with Gasteiger partial charge in [-0.1, -0.05) is 6.07 Å². The van der Waals surface area contributed by atoms with E-state index in [1.165, 1.54) is 45.2 Å². The number of carbonyl (C=O) groups is 2. The molecule has 11 heteroatoms. The molecular weight excluding hydrogens is 471 g/mol. The second-order valence-corrected chi connectivity index (χ2v) is 9.22. The maximum atomic E-state index is 13.3. The molecule has 1 atom stereocenters. The van der Waals surface area contributed by atoms with Gasteiger partial charge in [-0.05, 0) is 49.6 Å². The summed E-state index contributed by atoms with van der Waals surface area (Å²) in [6.07, 6.45) is 0.0217. The lowest BCUT2D eigenvalue weighted by atomic mass is 10.1. The summed E-state index contributed by atoms with van der Waals surface area (Å²) in [6.45, 7) is 3.57. The molecule has 0 saturated carbocycles. The standard InChI is InChI=1S/C24H21FN6O3S/c1-13-14(2)26-24(28-22(13)33)31-20(11-18(29-31)19-4-3-9-35-19)27-23(34)15-10-21(32)30(12-15)17-7-5-16(25)6-8-17/h3-9,11,15H,10,12H2,1-2H3,(H,27,34)(H,26,28,33). The number of rotatable bonds is 5. The quantitative estimate of drug-likeness (QED) is 0.443. The Labute approximate surface area is 203 Å². The SMILES string of the molecule is Cc1nc(-n2nc(-c3cccs3)cc2NC(=O)C2CC(=O)N(c3ccc(F)cc3)C2)[nH]c(=O)c1C. The van der Waals surface area contributed by atoms with E-state index in [1.807, 2.05) is 17.5 Å². The lowest BCUT2D eigenvalue weighted by Crippen LogP contribution is -2.29. The Morgan fingerprint density at radius 2 is 1.97 bits per heavy atom. The first-order valence-electron chi connectivity index (χ1n) is 10.9. The van der Waals surface area contributed by atoms with Crippen LogP contribution in [-0.2, 0) is 9.59 Å². The Kier molecular flexibility index (Phi) is 5.77. The number of nitrogens with one attached hydrogen (secondary N) is 2. The Morgan fingerprint density at radius 1 is 1.20 bits per heavy atom. The Bertz CT molecular complexity index is 1480. The average Bonchev–Trinajstić information content (AvgIpc) is 3.58. The van der Waals surface area contributed by atoms with E-state index in [0.717, 1.165) is 4.88 Å². The van der Waals surface area contributed by atoms with E-state index in [-0.39, 0.29) is 36.3 Å². The Hall–Kier alpha value is -4.12. The first-order valence-corrected chi connectivity index (χ1v) is 11.8. The van der Waals surface area contributed by atoms with Crippen molar-refractivity contribution in [2.75, 3.05) is 16.8 Å². The van der Waals surface area contributed by atoms with Crippen molar-refractivity contribution in [1.82, 2.24) is 19.7 Å². The fourth-order valence-electron chi connectivity index (χ4n) is 3.89. The first-order chi connectivity index (χ1) is 16.8. The number of hydrogen-bond acceptors (Lipinski definition) is 6. The maximum Gasteiger partial charge on any atom is 0.255 e. The highest BCUT2D eigenvalue weighted by atomic mass is 32.1. The van der Waals surface area contributed by atoms with Crippen LogP contribution in [0.3, 0.4) is 0 Å². The monoisotopic (exact) mass is 492 g/mol. The summed E-state index contributed by atoms with van der Waals surface area (Å²) in [5.41, 5.74) is 1.88. The van der Waals surface area contributed by atoms with Crippen LogP contribution in [-0.4, -0.2) is 38.1 Å². The van der Waals surface area contributed by atoms with Gasteiger partial charge in [0.1, 0.15) is 17.3 Å². The van der Waals surface area contributed by atoms with Crippen LogP contribution in [0.5, 0.6) is 0 Å². The van der Waals surface area contributed by atoms with Crippen LogP contribution in [0, 0.1) is 25.6 Å². The van der Waals surface area contributed by atoms with E-state index >= 15 is 0 Å². The third-order valence-electron chi connectivity index (χ3n) is 5.95. The number of anilines is 2. The lowest BCUT2D eigenvalue weighted by molar-refractivity contribution is -0.122. The fourth-order valence-corrected chi connectivity index (χ4v) is 4.57. The number of thiophene rings is 1. The predicted octanol–water partition coefficient (Wildman–Crippen LogP) is 3.43. The van der Waals surface area contributed by atoms with E-state index < -0.39 is 11.7 Å². The van der Waals surface area contributed by atoms with Crippen LogP contribution >= 0.6 is 11.3 Å². The largest absolute Gasteiger partial charge is 0.312 e. The van der Waals surface area contributed by atoms with Crippen molar-refractivity contribution in [3.05, 3.63) is 75.3 Å². The molecule has 0 spiro atoms. The van der Waals surface area contributed by atoms with E-state index in [1.54, 1.807) is 19.9 Å². The third kappa shape index (κ3) is 4.37. The fraction of sp³-hybridized carbons (Fsp3) is 0.208. The minimum atomic E-state index is -0.618. The molecule has 2 amide bonds. The van der Waals surface area contributed by atoms with Gasteiger partial charge in [0, 0.05) is 36.0 Å². The minimum absolute atomic E-state index is 0.0217. The van der Waals surface area contributed by atoms with Gasteiger partial charge in [-0.2, -0.15) is 9.78 Å². The number of halogens is 1. The van der Waals surface area contributed by atoms with Gasteiger partial charge in [-0.15, -0.1) is 11.3 Å². The zero-order valence-corrected chi connectivity index (χ0v) is 19.7. The number of hydrogen-bond donors (Lipinski definition) is 2. The molecule has 0 aliphatic carbocycles. The predicted molar refractivity (Wildman–Crippen MR) is 130 cm³/mol. The summed E-state index contributed by atoms with van der Waals surface area (Å²) < 4.78 is 14.7. The van der Waals surface area contributed by atoms with Gasteiger partial charge in [0.2, 0.25) is 17.8 Å². The van der Waals surface area contributed by atoms with Gasteiger partial charge >= 0.3 is 0 Å². The van der Waals surface area contributed by atoms with Gasteiger partial charge in [0.25, 0.3) is 5.56 Å². The summed E-state index contributed by atoms with van der Waals surface area (Å²) in [5, 5.41) is 9.33. The molecule has 178 valence electrons. The molecule has 1 aliphatic rings. The smallest absolute Gasteiger partial charge is 0.255 e. The van der Waals surface area contributed by atoms with Crippen molar-refractivity contribution in [1.29, 1.82) is 0 Å². The zero-order chi connectivity index (χ0) is 24.7. The van der Waals surface area contributed by atoms with Gasteiger partial charge in [-0.25, -0.2) is 9.37 Å². The molecule has 0 bridgehead atoms. The van der Waals surface area contributed by atoms with Crippen molar-refractivity contribution < 1.29 is 14.0 Å². The molecule has 1 saturated heterocycles. The molecule has 4 aromatic rings. The first kappa shape index (κ1) is 22.7. The van der Waals surface area contributed by atoms with Crippen molar-refractivity contribution >= 4 is 34.7 Å².